The number of hydrogen-bond acceptors (Lipinski definition) is 5. The van der Waals surface area contributed by atoms with Gasteiger partial charge in [-0.15, -0.1) is 0 Å². The van der Waals surface area contributed by atoms with Crippen LogP contribution in [0, 0.1) is 0 Å². The first kappa shape index (κ1) is 15.4. The van der Waals surface area contributed by atoms with Crippen LogP contribution in [0.2, 0.25) is 0 Å². The molecule has 0 radical (unpaired) electrons. The van der Waals surface area contributed by atoms with Gasteiger partial charge in [-0.1, -0.05) is 0 Å². The van der Waals surface area contributed by atoms with Crippen LogP contribution in [0.3, 0.4) is 0 Å². The highest BCUT2D eigenvalue weighted by molar-refractivity contribution is 5.73. The van der Waals surface area contributed by atoms with Crippen molar-refractivity contribution in [2.45, 2.75) is 25.4 Å². The van der Waals surface area contributed by atoms with E-state index in [2.05, 4.69) is 0 Å². The predicted molar refractivity (Wildman–Crippen MR) is 77.2 cm³/mol. The van der Waals surface area contributed by atoms with Gasteiger partial charge in [0.05, 0.1) is 21.3 Å². The van der Waals surface area contributed by atoms with Gasteiger partial charge >= 0.3 is 5.97 Å². The lowest BCUT2D eigenvalue weighted by Gasteiger charge is -2.22. The number of likely N-dealkylation sites (tertiary alicyclic amines) is 1. The van der Waals surface area contributed by atoms with Gasteiger partial charge in [0, 0.05) is 6.54 Å². The number of aliphatic carboxylic acids is 1. The van der Waals surface area contributed by atoms with E-state index >= 15 is 0 Å². The highest BCUT2D eigenvalue weighted by Gasteiger charge is 2.30. The number of carbonyl (C=O) groups is 1. The Morgan fingerprint density at radius 2 is 1.86 bits per heavy atom. The molecule has 1 aliphatic rings. The SMILES string of the molecule is COc1cc(CN2CCC[C@H]2C(=O)O)cc(OC)c1OC. The van der Waals surface area contributed by atoms with Gasteiger partial charge in [0.2, 0.25) is 5.75 Å². The minimum absolute atomic E-state index is 0.413. The van der Waals surface area contributed by atoms with Crippen LogP contribution in [-0.4, -0.2) is 49.9 Å². The fraction of sp³-hybridized carbons (Fsp3) is 0.533. The molecule has 0 aromatic heterocycles. The molecule has 1 aromatic carbocycles. The molecule has 6 heteroatoms. The number of hydrogen-bond donors (Lipinski definition) is 1. The summed E-state index contributed by atoms with van der Waals surface area (Å²) >= 11 is 0. The van der Waals surface area contributed by atoms with Gasteiger partial charge in [-0.25, -0.2) is 0 Å². The smallest absolute Gasteiger partial charge is 0.320 e. The number of benzene rings is 1. The predicted octanol–water partition coefficient (Wildman–Crippen LogP) is 1.76. The Morgan fingerprint density at radius 3 is 2.33 bits per heavy atom. The molecule has 0 unspecified atom stereocenters. The molecule has 1 saturated heterocycles. The quantitative estimate of drug-likeness (QED) is 0.862. The largest absolute Gasteiger partial charge is 0.493 e. The van der Waals surface area contributed by atoms with Crippen LogP contribution in [-0.2, 0) is 11.3 Å². The molecule has 21 heavy (non-hydrogen) atoms. The molecule has 0 amide bonds. The summed E-state index contributed by atoms with van der Waals surface area (Å²) in [5, 5.41) is 9.23. The Morgan fingerprint density at radius 1 is 1.24 bits per heavy atom. The highest BCUT2D eigenvalue weighted by Crippen LogP contribution is 2.38. The van der Waals surface area contributed by atoms with E-state index in [4.69, 9.17) is 14.2 Å². The number of methoxy groups -OCH3 is 3. The Kier molecular flexibility index (Phi) is 4.90. The fourth-order valence-corrected chi connectivity index (χ4v) is 2.76. The molecule has 6 nitrogen and oxygen atoms in total. The van der Waals surface area contributed by atoms with Gasteiger partial charge in [-0.3, -0.25) is 9.69 Å². The van der Waals surface area contributed by atoms with E-state index < -0.39 is 12.0 Å². The summed E-state index contributed by atoms with van der Waals surface area (Å²) in [6.45, 7) is 1.33. The van der Waals surface area contributed by atoms with Crippen molar-refractivity contribution in [3.63, 3.8) is 0 Å². The lowest BCUT2D eigenvalue weighted by Crippen LogP contribution is -2.35. The second kappa shape index (κ2) is 6.67. The summed E-state index contributed by atoms with van der Waals surface area (Å²) in [6.07, 6.45) is 1.60. The van der Waals surface area contributed by atoms with Crippen molar-refractivity contribution in [1.29, 1.82) is 0 Å². The summed E-state index contributed by atoms with van der Waals surface area (Å²) in [6, 6.07) is 3.31. The topological polar surface area (TPSA) is 68.2 Å². The second-order valence-electron chi connectivity index (χ2n) is 5.00. The Balaban J connectivity index is 2.26. The van der Waals surface area contributed by atoms with Crippen molar-refractivity contribution >= 4 is 5.97 Å². The third-order valence-corrected chi connectivity index (χ3v) is 3.76. The first-order chi connectivity index (χ1) is 10.1. The lowest BCUT2D eigenvalue weighted by molar-refractivity contribution is -0.142. The number of carboxylic acid groups (broad SMARTS) is 1. The molecule has 1 atom stereocenters. The van der Waals surface area contributed by atoms with Crippen LogP contribution < -0.4 is 14.2 Å². The van der Waals surface area contributed by atoms with Crippen molar-refractivity contribution in [1.82, 2.24) is 4.90 Å². The maximum atomic E-state index is 11.2. The summed E-state index contributed by atoms with van der Waals surface area (Å²) in [5.74, 6) is 0.941. The van der Waals surface area contributed by atoms with E-state index in [1.54, 1.807) is 21.3 Å². The molecular weight excluding hydrogens is 274 g/mol. The minimum atomic E-state index is -0.764. The molecular formula is C15H21NO5. The molecule has 1 N–H and O–H groups in total. The van der Waals surface area contributed by atoms with E-state index in [0.29, 0.717) is 30.2 Å². The monoisotopic (exact) mass is 295 g/mol. The second-order valence-corrected chi connectivity index (χ2v) is 5.00. The first-order valence-corrected chi connectivity index (χ1v) is 6.86. The normalized spacial score (nSPS) is 18.5. The van der Waals surface area contributed by atoms with Gasteiger partial charge in [-0.05, 0) is 37.1 Å². The van der Waals surface area contributed by atoms with Crippen LogP contribution in [0.5, 0.6) is 17.2 Å². The molecule has 1 aromatic rings. The maximum absolute atomic E-state index is 11.2. The van der Waals surface area contributed by atoms with Gasteiger partial charge in [0.1, 0.15) is 6.04 Å². The molecule has 0 aliphatic carbocycles. The summed E-state index contributed by atoms with van der Waals surface area (Å²) < 4.78 is 15.9. The molecule has 1 aliphatic heterocycles. The standard InChI is InChI=1S/C15H21NO5/c1-19-12-7-10(8-13(20-2)14(12)21-3)9-16-6-4-5-11(16)15(17)18/h7-8,11H,4-6,9H2,1-3H3,(H,17,18)/t11-/m0/s1. The van der Waals surface area contributed by atoms with Crippen molar-refractivity contribution in [2.75, 3.05) is 27.9 Å². The number of nitrogens with zero attached hydrogens (tertiary/aromatic N) is 1. The van der Waals surface area contributed by atoms with Crippen molar-refractivity contribution in [3.05, 3.63) is 17.7 Å². The van der Waals surface area contributed by atoms with E-state index in [0.717, 1.165) is 18.5 Å². The average molecular weight is 295 g/mol. The number of ether oxygens (including phenoxy) is 3. The first-order valence-electron chi connectivity index (χ1n) is 6.86. The van der Waals surface area contributed by atoms with Crippen LogP contribution in [0.25, 0.3) is 0 Å². The number of rotatable bonds is 6. The zero-order valence-electron chi connectivity index (χ0n) is 12.6. The Bertz CT molecular complexity index is 492. The molecule has 1 heterocycles. The lowest BCUT2D eigenvalue weighted by atomic mass is 10.1. The van der Waals surface area contributed by atoms with Crippen molar-refractivity contribution in [2.24, 2.45) is 0 Å². The van der Waals surface area contributed by atoms with Gasteiger partial charge < -0.3 is 19.3 Å². The molecule has 0 spiro atoms. The zero-order chi connectivity index (χ0) is 15.4. The van der Waals surface area contributed by atoms with Crippen molar-refractivity contribution < 1.29 is 24.1 Å². The van der Waals surface area contributed by atoms with Gasteiger partial charge in [-0.2, -0.15) is 0 Å². The van der Waals surface area contributed by atoms with E-state index in [1.807, 2.05) is 17.0 Å². The van der Waals surface area contributed by atoms with Crippen LogP contribution in [0.15, 0.2) is 12.1 Å². The number of carboxylic acids is 1. The van der Waals surface area contributed by atoms with E-state index in [9.17, 15) is 9.90 Å². The molecule has 0 saturated carbocycles. The highest BCUT2D eigenvalue weighted by atomic mass is 16.5. The molecule has 116 valence electrons. The van der Waals surface area contributed by atoms with E-state index in [-0.39, 0.29) is 0 Å². The fourth-order valence-electron chi connectivity index (χ4n) is 2.76. The van der Waals surface area contributed by atoms with Crippen LogP contribution >= 0.6 is 0 Å². The molecule has 1 fully saturated rings. The molecule has 0 bridgehead atoms. The Labute approximate surface area is 124 Å². The van der Waals surface area contributed by atoms with Crippen LogP contribution in [0.4, 0.5) is 0 Å². The zero-order valence-corrected chi connectivity index (χ0v) is 12.6. The van der Waals surface area contributed by atoms with Gasteiger partial charge in [0.25, 0.3) is 0 Å². The summed E-state index contributed by atoms with van der Waals surface area (Å²) in [7, 11) is 4.69. The summed E-state index contributed by atoms with van der Waals surface area (Å²) in [4.78, 5) is 13.2. The third-order valence-electron chi connectivity index (χ3n) is 3.76. The average Bonchev–Trinajstić information content (AvgIpc) is 2.94. The summed E-state index contributed by atoms with van der Waals surface area (Å²) in [5.41, 5.74) is 0.942. The van der Waals surface area contributed by atoms with Crippen molar-refractivity contribution in [3.8, 4) is 17.2 Å². The van der Waals surface area contributed by atoms with Gasteiger partial charge in [0.15, 0.2) is 11.5 Å². The van der Waals surface area contributed by atoms with Crippen LogP contribution in [0.1, 0.15) is 18.4 Å². The molecule has 2 rings (SSSR count). The minimum Gasteiger partial charge on any atom is -0.493 e. The third kappa shape index (κ3) is 3.21. The maximum Gasteiger partial charge on any atom is 0.320 e. The Hall–Kier alpha value is -1.95. The van der Waals surface area contributed by atoms with E-state index in [1.165, 1.54) is 0 Å².